The van der Waals surface area contributed by atoms with Crippen molar-refractivity contribution in [1.82, 2.24) is 19.6 Å². The lowest BCUT2D eigenvalue weighted by Crippen LogP contribution is -2.52. The van der Waals surface area contributed by atoms with Crippen LogP contribution in [-0.2, 0) is 16.4 Å². The number of aromatic nitrogens is 2. The predicted octanol–water partition coefficient (Wildman–Crippen LogP) is 1.49. The third kappa shape index (κ3) is 4.23. The zero-order valence-corrected chi connectivity index (χ0v) is 17.9. The minimum atomic E-state index is -2.89. The highest BCUT2D eigenvalue weighted by Crippen LogP contribution is 2.22. The maximum atomic E-state index is 13.2. The van der Waals surface area contributed by atoms with Gasteiger partial charge in [-0.3, -0.25) is 14.4 Å². The van der Waals surface area contributed by atoms with Crippen LogP contribution in [0.1, 0.15) is 33.7 Å². The molecule has 3 heterocycles. The van der Waals surface area contributed by atoms with Gasteiger partial charge in [0.1, 0.15) is 0 Å². The molecule has 2 aliphatic rings. The minimum Gasteiger partial charge on any atom is -0.336 e. The average Bonchev–Trinajstić information content (AvgIpc) is 3.21. The number of aryl methyl sites for hydroxylation is 1. The zero-order valence-electron chi connectivity index (χ0n) is 17.0. The van der Waals surface area contributed by atoms with E-state index < -0.39 is 9.84 Å². The Morgan fingerprint density at radius 1 is 1.10 bits per heavy atom. The molecule has 4 rings (SSSR count). The van der Waals surface area contributed by atoms with Crippen molar-refractivity contribution in [2.75, 3.05) is 37.7 Å². The van der Waals surface area contributed by atoms with E-state index >= 15 is 0 Å². The number of benzene rings is 1. The van der Waals surface area contributed by atoms with Gasteiger partial charge in [0.05, 0.1) is 29.3 Å². The van der Waals surface area contributed by atoms with Crippen LogP contribution in [0.25, 0.3) is 0 Å². The van der Waals surface area contributed by atoms with Crippen molar-refractivity contribution in [3.05, 3.63) is 52.8 Å². The smallest absolute Gasteiger partial charge is 0.257 e. The van der Waals surface area contributed by atoms with Crippen LogP contribution in [0.15, 0.2) is 30.3 Å². The van der Waals surface area contributed by atoms with E-state index in [-0.39, 0.29) is 23.5 Å². The van der Waals surface area contributed by atoms with Crippen molar-refractivity contribution >= 4 is 15.7 Å². The van der Waals surface area contributed by atoms with Gasteiger partial charge >= 0.3 is 0 Å². The molecule has 0 radical (unpaired) electrons. The molecule has 2 aliphatic heterocycles. The fourth-order valence-corrected chi connectivity index (χ4v) is 6.19. The molecule has 1 amide bonds. The SMILES string of the molecule is Cc1nn(Cc2ccccc2)c(C)c1C(=O)N1CCN([C@H]2CCS(=O)(=O)C2)CC1. The van der Waals surface area contributed by atoms with Gasteiger partial charge in [-0.2, -0.15) is 5.10 Å². The highest BCUT2D eigenvalue weighted by molar-refractivity contribution is 7.91. The van der Waals surface area contributed by atoms with Crippen LogP contribution in [0.4, 0.5) is 0 Å². The van der Waals surface area contributed by atoms with Crippen LogP contribution in [0.3, 0.4) is 0 Å². The Kier molecular flexibility index (Phi) is 5.48. The van der Waals surface area contributed by atoms with Crippen molar-refractivity contribution in [3.8, 4) is 0 Å². The summed E-state index contributed by atoms with van der Waals surface area (Å²) in [5.41, 5.74) is 3.49. The number of amides is 1. The zero-order chi connectivity index (χ0) is 20.6. The lowest BCUT2D eigenvalue weighted by Gasteiger charge is -2.37. The summed E-state index contributed by atoms with van der Waals surface area (Å²) in [7, 11) is -2.89. The molecule has 0 unspecified atom stereocenters. The number of carbonyl (C=O) groups excluding carboxylic acids is 1. The fourth-order valence-electron chi connectivity index (χ4n) is 4.43. The van der Waals surface area contributed by atoms with Gasteiger partial charge in [0.15, 0.2) is 9.84 Å². The summed E-state index contributed by atoms with van der Waals surface area (Å²) in [5.74, 6) is 0.569. The van der Waals surface area contributed by atoms with Crippen molar-refractivity contribution in [1.29, 1.82) is 0 Å². The van der Waals surface area contributed by atoms with Gasteiger partial charge in [0, 0.05) is 37.9 Å². The van der Waals surface area contributed by atoms with Crippen molar-refractivity contribution < 1.29 is 13.2 Å². The van der Waals surface area contributed by atoms with Crippen LogP contribution >= 0.6 is 0 Å². The molecule has 29 heavy (non-hydrogen) atoms. The number of carbonyl (C=O) groups is 1. The van der Waals surface area contributed by atoms with Gasteiger partial charge < -0.3 is 4.90 Å². The fraction of sp³-hybridized carbons (Fsp3) is 0.524. The second-order valence-corrected chi connectivity index (χ2v) is 10.3. The Bertz CT molecular complexity index is 992. The number of sulfone groups is 1. The first kappa shape index (κ1) is 20.1. The lowest BCUT2D eigenvalue weighted by molar-refractivity contribution is 0.0586. The normalized spacial score (nSPS) is 22.1. The number of rotatable bonds is 4. The molecule has 0 N–H and O–H groups in total. The van der Waals surface area contributed by atoms with Crippen LogP contribution < -0.4 is 0 Å². The van der Waals surface area contributed by atoms with Gasteiger partial charge in [0.25, 0.3) is 5.91 Å². The van der Waals surface area contributed by atoms with E-state index in [9.17, 15) is 13.2 Å². The van der Waals surface area contributed by atoms with Gasteiger partial charge in [0.2, 0.25) is 0 Å². The second-order valence-electron chi connectivity index (χ2n) is 8.07. The Hall–Kier alpha value is -2.19. The number of hydrogen-bond acceptors (Lipinski definition) is 5. The molecule has 1 aromatic carbocycles. The molecule has 156 valence electrons. The van der Waals surface area contributed by atoms with E-state index in [4.69, 9.17) is 0 Å². The second kappa shape index (κ2) is 7.91. The largest absolute Gasteiger partial charge is 0.336 e. The maximum absolute atomic E-state index is 13.2. The first-order valence-electron chi connectivity index (χ1n) is 10.2. The predicted molar refractivity (Wildman–Crippen MR) is 112 cm³/mol. The average molecular weight is 417 g/mol. The van der Waals surface area contributed by atoms with Crippen LogP contribution in [0.2, 0.25) is 0 Å². The van der Waals surface area contributed by atoms with E-state index in [2.05, 4.69) is 22.1 Å². The molecule has 2 fully saturated rings. The van der Waals surface area contributed by atoms with E-state index in [1.54, 1.807) is 0 Å². The monoisotopic (exact) mass is 416 g/mol. The summed E-state index contributed by atoms with van der Waals surface area (Å²) in [6.45, 7) is 7.18. The molecule has 1 atom stereocenters. The molecule has 1 aromatic heterocycles. The molecule has 0 bridgehead atoms. The Morgan fingerprint density at radius 2 is 1.79 bits per heavy atom. The minimum absolute atomic E-state index is 0.0259. The van der Waals surface area contributed by atoms with Crippen LogP contribution in [0.5, 0.6) is 0 Å². The van der Waals surface area contributed by atoms with E-state index in [1.807, 2.05) is 41.6 Å². The lowest BCUT2D eigenvalue weighted by atomic mass is 10.1. The number of piperazine rings is 1. The third-order valence-electron chi connectivity index (χ3n) is 6.10. The maximum Gasteiger partial charge on any atom is 0.257 e. The third-order valence-corrected chi connectivity index (χ3v) is 7.85. The molecule has 8 heteroatoms. The summed E-state index contributed by atoms with van der Waals surface area (Å²) in [5, 5.41) is 4.61. The topological polar surface area (TPSA) is 75.5 Å². The molecule has 0 spiro atoms. The first-order chi connectivity index (χ1) is 13.8. The van der Waals surface area contributed by atoms with E-state index in [0.717, 1.165) is 30.0 Å². The quantitative estimate of drug-likeness (QED) is 0.755. The van der Waals surface area contributed by atoms with E-state index in [0.29, 0.717) is 31.6 Å². The van der Waals surface area contributed by atoms with Gasteiger partial charge in [-0.15, -0.1) is 0 Å². The molecular weight excluding hydrogens is 388 g/mol. The standard InChI is InChI=1S/C21H28N4O3S/c1-16-20(17(2)25(22-16)14-18-6-4-3-5-7-18)21(26)24-11-9-23(10-12-24)19-8-13-29(27,28)15-19/h3-7,19H,8-15H2,1-2H3/t19-/m0/s1. The molecular formula is C21H28N4O3S. The molecule has 0 saturated carbocycles. The number of nitrogens with zero attached hydrogens (tertiary/aromatic N) is 4. The van der Waals surface area contributed by atoms with Crippen molar-refractivity contribution in [3.63, 3.8) is 0 Å². The highest BCUT2D eigenvalue weighted by atomic mass is 32.2. The van der Waals surface area contributed by atoms with Gasteiger partial charge in [-0.05, 0) is 25.8 Å². The van der Waals surface area contributed by atoms with Crippen LogP contribution in [-0.4, -0.2) is 77.6 Å². The highest BCUT2D eigenvalue weighted by Gasteiger charge is 2.35. The Labute approximate surface area is 172 Å². The van der Waals surface area contributed by atoms with Gasteiger partial charge in [-0.1, -0.05) is 30.3 Å². The van der Waals surface area contributed by atoms with Crippen molar-refractivity contribution in [2.24, 2.45) is 0 Å². The molecule has 2 aromatic rings. The summed E-state index contributed by atoms with van der Waals surface area (Å²) in [6, 6.07) is 10.2. The van der Waals surface area contributed by atoms with E-state index in [1.165, 1.54) is 0 Å². The number of hydrogen-bond donors (Lipinski definition) is 0. The van der Waals surface area contributed by atoms with Crippen molar-refractivity contribution in [2.45, 2.75) is 32.9 Å². The summed E-state index contributed by atoms with van der Waals surface area (Å²) in [6.07, 6.45) is 0.709. The Morgan fingerprint density at radius 3 is 2.41 bits per heavy atom. The summed E-state index contributed by atoms with van der Waals surface area (Å²) >= 11 is 0. The molecule has 2 saturated heterocycles. The molecule has 0 aliphatic carbocycles. The molecule has 7 nitrogen and oxygen atoms in total. The first-order valence-corrected chi connectivity index (χ1v) is 12.0. The van der Waals surface area contributed by atoms with Gasteiger partial charge in [-0.25, -0.2) is 8.42 Å². The summed E-state index contributed by atoms with van der Waals surface area (Å²) in [4.78, 5) is 17.3. The van der Waals surface area contributed by atoms with Crippen LogP contribution in [0, 0.1) is 13.8 Å². The summed E-state index contributed by atoms with van der Waals surface area (Å²) < 4.78 is 25.4. The Balaban J connectivity index is 1.43.